The van der Waals surface area contributed by atoms with E-state index in [-0.39, 0.29) is 21.2 Å². The number of ether oxygens (including phenoxy) is 1. The summed E-state index contributed by atoms with van der Waals surface area (Å²) in [5.74, 6) is -0.729. The number of aromatic nitrogens is 8. The summed E-state index contributed by atoms with van der Waals surface area (Å²) < 4.78 is 49.8. The Morgan fingerprint density at radius 2 is 2.03 bits per heavy atom. The molecule has 0 radical (unpaired) electrons. The van der Waals surface area contributed by atoms with E-state index in [4.69, 9.17) is 16.3 Å². The Labute approximate surface area is 222 Å². The summed E-state index contributed by atoms with van der Waals surface area (Å²) in [6.45, 7) is 0.310. The van der Waals surface area contributed by atoms with Crippen LogP contribution in [0.3, 0.4) is 0 Å². The van der Waals surface area contributed by atoms with Crippen LogP contribution >= 0.6 is 22.9 Å². The first-order chi connectivity index (χ1) is 18.4. The van der Waals surface area contributed by atoms with Crippen LogP contribution in [0.4, 0.5) is 13.2 Å². The van der Waals surface area contributed by atoms with Crippen LogP contribution in [0.5, 0.6) is 0 Å². The van der Waals surface area contributed by atoms with Crippen molar-refractivity contribution < 1.29 is 22.6 Å². The number of tetrazole rings is 1. The molecule has 0 saturated carbocycles. The molecule has 4 heterocycles. The fourth-order valence-electron chi connectivity index (χ4n) is 3.98. The highest BCUT2D eigenvalue weighted by Crippen LogP contribution is 2.34. The smallest absolute Gasteiger partial charge is 0.289 e. The van der Waals surface area contributed by atoms with E-state index in [1.807, 2.05) is 0 Å². The number of benzene rings is 1. The van der Waals surface area contributed by atoms with E-state index in [0.717, 1.165) is 11.3 Å². The second-order valence-electron chi connectivity index (χ2n) is 8.05. The van der Waals surface area contributed by atoms with Gasteiger partial charge in [-0.3, -0.25) is 4.68 Å². The maximum absolute atomic E-state index is 15.2. The zero-order chi connectivity index (χ0) is 26.8. The van der Waals surface area contributed by atoms with Gasteiger partial charge < -0.3 is 9.94 Å². The summed E-state index contributed by atoms with van der Waals surface area (Å²) in [6.07, 6.45) is 4.79. The van der Waals surface area contributed by atoms with Crippen molar-refractivity contribution in [1.82, 2.24) is 35.0 Å². The molecule has 0 saturated heterocycles. The van der Waals surface area contributed by atoms with Crippen molar-refractivity contribution >= 4 is 22.9 Å². The summed E-state index contributed by atoms with van der Waals surface area (Å²) in [7, 11) is 1.53. The number of nitrogens with zero attached hydrogens (tertiary/aromatic N) is 8. The lowest BCUT2D eigenvalue weighted by atomic mass is 10.0. The molecule has 0 fully saturated rings. The third-order valence-corrected chi connectivity index (χ3v) is 7.10. The van der Waals surface area contributed by atoms with Crippen molar-refractivity contribution in [3.8, 4) is 27.3 Å². The maximum Gasteiger partial charge on any atom is 0.289 e. The molecule has 1 atom stereocenters. The van der Waals surface area contributed by atoms with Crippen LogP contribution in [-0.2, 0) is 4.74 Å². The van der Waals surface area contributed by atoms with Gasteiger partial charge in [0, 0.05) is 44.2 Å². The zero-order valence-corrected chi connectivity index (χ0v) is 21.2. The summed E-state index contributed by atoms with van der Waals surface area (Å²) in [6, 6.07) is 5.51. The van der Waals surface area contributed by atoms with E-state index in [1.165, 1.54) is 42.8 Å². The van der Waals surface area contributed by atoms with Crippen molar-refractivity contribution in [2.45, 2.75) is 18.9 Å². The van der Waals surface area contributed by atoms with Crippen LogP contribution in [0.2, 0.25) is 5.02 Å². The Bertz CT molecular complexity index is 1560. The molecule has 1 aromatic carbocycles. The molecule has 0 aliphatic carbocycles. The predicted molar refractivity (Wildman–Crippen MR) is 131 cm³/mol. The average Bonchev–Trinajstić information content (AvgIpc) is 3.68. The molecule has 0 spiro atoms. The van der Waals surface area contributed by atoms with Gasteiger partial charge in [0.2, 0.25) is 5.69 Å². The summed E-state index contributed by atoms with van der Waals surface area (Å²) >= 11 is 6.91. The molecule has 38 heavy (non-hydrogen) atoms. The lowest BCUT2D eigenvalue weighted by Gasteiger charge is -2.18. The first kappa shape index (κ1) is 25.8. The average molecular weight is 563 g/mol. The molecule has 0 amide bonds. The minimum absolute atomic E-state index is 0.0517. The quantitative estimate of drug-likeness (QED) is 0.190. The first-order valence-corrected chi connectivity index (χ1v) is 12.3. The Morgan fingerprint density at radius 3 is 2.71 bits per heavy atom. The highest BCUT2D eigenvalue weighted by molar-refractivity contribution is 7.15. The largest absolute Gasteiger partial charge is 0.618 e. The van der Waals surface area contributed by atoms with E-state index in [9.17, 15) is 14.0 Å². The molecule has 196 valence electrons. The molecule has 4 aromatic heterocycles. The highest BCUT2D eigenvalue weighted by Gasteiger charge is 2.26. The number of hydrogen-bond donors (Lipinski definition) is 0. The molecule has 0 aliphatic heterocycles. The maximum atomic E-state index is 15.2. The molecular formula is C23H18ClF3N8O2S. The van der Waals surface area contributed by atoms with Crippen LogP contribution < -0.4 is 4.73 Å². The molecule has 10 nitrogen and oxygen atoms in total. The predicted octanol–water partition coefficient (Wildman–Crippen LogP) is 4.64. The van der Waals surface area contributed by atoms with Gasteiger partial charge in [0.1, 0.15) is 12.4 Å². The minimum atomic E-state index is -2.66. The Kier molecular flexibility index (Phi) is 7.35. The van der Waals surface area contributed by atoms with Gasteiger partial charge in [-0.05, 0) is 28.6 Å². The minimum Gasteiger partial charge on any atom is -0.618 e. The number of alkyl halides is 2. The molecule has 0 unspecified atom stereocenters. The van der Waals surface area contributed by atoms with Crippen LogP contribution in [0.25, 0.3) is 27.3 Å². The Balaban J connectivity index is 1.53. The topological polar surface area (TPSA) is 110 Å². The van der Waals surface area contributed by atoms with Crippen molar-refractivity contribution in [2.24, 2.45) is 0 Å². The second-order valence-corrected chi connectivity index (χ2v) is 9.52. The number of hydrogen-bond acceptors (Lipinski definition) is 8. The fraction of sp³-hybridized carbons (Fsp3) is 0.217. The zero-order valence-electron chi connectivity index (χ0n) is 19.6. The van der Waals surface area contributed by atoms with Gasteiger partial charge in [0.15, 0.2) is 17.0 Å². The van der Waals surface area contributed by atoms with Gasteiger partial charge in [-0.2, -0.15) is 14.5 Å². The van der Waals surface area contributed by atoms with Crippen LogP contribution in [0.1, 0.15) is 29.6 Å². The van der Waals surface area contributed by atoms with Crippen LogP contribution in [-0.4, -0.2) is 48.7 Å². The molecular weight excluding hydrogens is 545 g/mol. The van der Waals surface area contributed by atoms with E-state index >= 15 is 4.39 Å². The normalized spacial score (nSPS) is 12.4. The molecule has 0 aliphatic rings. The number of pyridine rings is 1. The Morgan fingerprint density at radius 1 is 1.18 bits per heavy atom. The summed E-state index contributed by atoms with van der Waals surface area (Å²) in [5, 5.41) is 28.2. The highest BCUT2D eigenvalue weighted by atomic mass is 35.5. The molecule has 5 rings (SSSR count). The van der Waals surface area contributed by atoms with Crippen molar-refractivity contribution in [2.75, 3.05) is 13.7 Å². The van der Waals surface area contributed by atoms with Crippen molar-refractivity contribution in [3.63, 3.8) is 0 Å². The molecule has 0 N–H and O–H groups in total. The van der Waals surface area contributed by atoms with Crippen LogP contribution in [0.15, 0.2) is 55.4 Å². The number of methoxy groups -OCH3 is 1. The van der Waals surface area contributed by atoms with Gasteiger partial charge in [-0.25, -0.2) is 18.2 Å². The third kappa shape index (κ3) is 4.97. The van der Waals surface area contributed by atoms with E-state index < -0.39 is 18.3 Å². The summed E-state index contributed by atoms with van der Waals surface area (Å²) in [5.41, 5.74) is 1.49. The standard InChI is InChI=1S/C23H18ClF3N8O2S/c1-37-7-6-16(33-10-14(8-30-33)19-9-28-23(38-19)22(26)27)17-4-2-13(11-35(17)36)20-18(34-12-29-31-32-34)5-3-15(24)21(20)25/h2-5,8-12,16,22H,6-7H2,1H3/t16-/m0/s1. The van der Waals surface area contributed by atoms with E-state index in [1.54, 1.807) is 29.1 Å². The number of halogens is 4. The lowest BCUT2D eigenvalue weighted by molar-refractivity contribution is -0.615. The second kappa shape index (κ2) is 10.8. The van der Waals surface area contributed by atoms with Gasteiger partial charge in [-0.15, -0.1) is 16.4 Å². The van der Waals surface area contributed by atoms with Crippen molar-refractivity contribution in [1.29, 1.82) is 0 Å². The van der Waals surface area contributed by atoms with Crippen molar-refractivity contribution in [3.05, 3.63) is 82.1 Å². The van der Waals surface area contributed by atoms with Gasteiger partial charge in [-0.1, -0.05) is 11.6 Å². The third-order valence-electron chi connectivity index (χ3n) is 5.75. The molecule has 5 aromatic rings. The number of thiazole rings is 1. The molecule has 0 bridgehead atoms. The number of rotatable bonds is 9. The van der Waals surface area contributed by atoms with E-state index in [0.29, 0.717) is 39.6 Å². The lowest BCUT2D eigenvalue weighted by Crippen LogP contribution is -2.36. The Hall–Kier alpha value is -3.88. The van der Waals surface area contributed by atoms with E-state index in [2.05, 4.69) is 25.6 Å². The molecule has 15 heteroatoms. The first-order valence-electron chi connectivity index (χ1n) is 11.1. The van der Waals surface area contributed by atoms with Crippen LogP contribution in [0, 0.1) is 11.0 Å². The van der Waals surface area contributed by atoms with Gasteiger partial charge >= 0.3 is 0 Å². The monoisotopic (exact) mass is 562 g/mol. The fourth-order valence-corrected chi connectivity index (χ4v) is 4.88. The van der Waals surface area contributed by atoms with Gasteiger partial charge in [0.05, 0.1) is 32.9 Å². The SMILES string of the molecule is COCC[C@@H](c1ccc(-c2c(-n3cnnn3)ccc(Cl)c2F)c[n+]1[O-])n1cc(-c2cnc(C(F)F)s2)cn1. The van der Waals surface area contributed by atoms with Gasteiger partial charge in [0.25, 0.3) is 6.43 Å². The summed E-state index contributed by atoms with van der Waals surface area (Å²) in [4.78, 5) is 4.27.